The third kappa shape index (κ3) is 2.92. The molecule has 1 unspecified atom stereocenters. The predicted octanol–water partition coefficient (Wildman–Crippen LogP) is 2.73. The van der Waals surface area contributed by atoms with Gasteiger partial charge < -0.3 is 5.73 Å². The van der Waals surface area contributed by atoms with Crippen LogP contribution in [0.2, 0.25) is 0 Å². The molecule has 1 atom stereocenters. The first-order chi connectivity index (χ1) is 9.76. The summed E-state index contributed by atoms with van der Waals surface area (Å²) in [6.07, 6.45) is 4.78. The van der Waals surface area contributed by atoms with E-state index in [1.165, 1.54) is 16.7 Å². The zero-order chi connectivity index (χ0) is 13.9. The normalized spacial score (nSPS) is 18.8. The number of benzene rings is 1. The molecule has 2 heterocycles. The van der Waals surface area contributed by atoms with Crippen LogP contribution in [0.3, 0.4) is 0 Å². The molecule has 3 rings (SSSR count). The van der Waals surface area contributed by atoms with Gasteiger partial charge >= 0.3 is 0 Å². The highest BCUT2D eigenvalue weighted by Crippen LogP contribution is 2.24. The quantitative estimate of drug-likeness (QED) is 0.940. The van der Waals surface area contributed by atoms with Crippen LogP contribution in [0.1, 0.15) is 16.7 Å². The average molecular weight is 332 g/mol. The van der Waals surface area contributed by atoms with Crippen molar-refractivity contribution in [3.63, 3.8) is 0 Å². The van der Waals surface area contributed by atoms with Crippen molar-refractivity contribution < 1.29 is 0 Å². The smallest absolute Gasteiger partial charge is 0.0410 e. The molecule has 2 N–H and O–H groups in total. The van der Waals surface area contributed by atoms with Crippen LogP contribution in [0, 0.1) is 0 Å². The minimum atomic E-state index is 0.406. The number of halogens is 1. The van der Waals surface area contributed by atoms with Gasteiger partial charge in [-0.1, -0.05) is 24.3 Å². The summed E-state index contributed by atoms with van der Waals surface area (Å²) < 4.78 is 1.02. The number of hydrogen-bond donors (Lipinski definition) is 1. The highest BCUT2D eigenvalue weighted by molar-refractivity contribution is 9.10. The summed E-state index contributed by atoms with van der Waals surface area (Å²) in [5.41, 5.74) is 10.0. The van der Waals surface area contributed by atoms with Crippen molar-refractivity contribution in [2.45, 2.75) is 25.6 Å². The lowest BCUT2D eigenvalue weighted by molar-refractivity contribution is 0.167. The molecule has 0 bridgehead atoms. The lowest BCUT2D eigenvalue weighted by Gasteiger charge is -2.36. The Morgan fingerprint density at radius 2 is 2.05 bits per heavy atom. The molecule has 0 saturated heterocycles. The standard InChI is InChI=1S/C16H18BrN3/c17-15-5-12(8-19-9-15)10-20-11-14-4-2-1-3-13(14)6-16(20)7-18/h1-5,8-9,16H,6-7,10-11,18H2. The summed E-state index contributed by atoms with van der Waals surface area (Å²) in [5.74, 6) is 0. The van der Waals surface area contributed by atoms with Crippen molar-refractivity contribution in [2.75, 3.05) is 6.54 Å². The fraction of sp³-hybridized carbons (Fsp3) is 0.312. The minimum absolute atomic E-state index is 0.406. The van der Waals surface area contributed by atoms with Gasteiger partial charge in [0, 0.05) is 42.5 Å². The molecule has 0 spiro atoms. The van der Waals surface area contributed by atoms with Gasteiger partial charge in [-0.25, -0.2) is 0 Å². The van der Waals surface area contributed by atoms with Gasteiger partial charge in [-0.3, -0.25) is 9.88 Å². The maximum Gasteiger partial charge on any atom is 0.0410 e. The van der Waals surface area contributed by atoms with Crippen LogP contribution in [0.5, 0.6) is 0 Å². The van der Waals surface area contributed by atoms with E-state index in [-0.39, 0.29) is 0 Å². The molecular weight excluding hydrogens is 314 g/mol. The number of fused-ring (bicyclic) bond motifs is 1. The van der Waals surface area contributed by atoms with E-state index < -0.39 is 0 Å². The monoisotopic (exact) mass is 331 g/mol. The summed E-state index contributed by atoms with van der Waals surface area (Å²) in [7, 11) is 0. The van der Waals surface area contributed by atoms with Crippen LogP contribution in [0.15, 0.2) is 47.2 Å². The first kappa shape index (κ1) is 13.7. The number of hydrogen-bond acceptors (Lipinski definition) is 3. The van der Waals surface area contributed by atoms with E-state index in [1.807, 2.05) is 12.4 Å². The lowest BCUT2D eigenvalue weighted by atomic mass is 9.93. The minimum Gasteiger partial charge on any atom is -0.329 e. The maximum absolute atomic E-state index is 5.97. The zero-order valence-corrected chi connectivity index (χ0v) is 12.9. The lowest BCUT2D eigenvalue weighted by Crippen LogP contribution is -2.44. The summed E-state index contributed by atoms with van der Waals surface area (Å²) in [6, 6.07) is 11.2. The summed E-state index contributed by atoms with van der Waals surface area (Å²) in [5, 5.41) is 0. The van der Waals surface area contributed by atoms with E-state index in [2.05, 4.69) is 56.1 Å². The molecule has 1 aromatic heterocycles. The molecule has 2 aromatic rings. The van der Waals surface area contributed by atoms with Crippen LogP contribution < -0.4 is 5.73 Å². The Bertz CT molecular complexity index is 600. The van der Waals surface area contributed by atoms with Crippen molar-refractivity contribution in [3.8, 4) is 0 Å². The second kappa shape index (κ2) is 6.04. The molecule has 0 aliphatic carbocycles. The van der Waals surface area contributed by atoms with Crippen molar-refractivity contribution >= 4 is 15.9 Å². The third-order valence-electron chi connectivity index (χ3n) is 3.88. The second-order valence-electron chi connectivity index (χ2n) is 5.28. The van der Waals surface area contributed by atoms with Gasteiger partial charge in [-0.2, -0.15) is 0 Å². The molecule has 0 saturated carbocycles. The van der Waals surface area contributed by atoms with Crippen LogP contribution in [0.25, 0.3) is 0 Å². The SMILES string of the molecule is NCC1Cc2ccccc2CN1Cc1cncc(Br)c1. The van der Waals surface area contributed by atoms with E-state index in [4.69, 9.17) is 5.73 Å². The number of nitrogens with two attached hydrogens (primary N) is 1. The Hall–Kier alpha value is -1.23. The molecule has 104 valence electrons. The van der Waals surface area contributed by atoms with Gasteiger partial charge in [0.1, 0.15) is 0 Å². The van der Waals surface area contributed by atoms with Gasteiger partial charge in [0.2, 0.25) is 0 Å². The summed E-state index contributed by atoms with van der Waals surface area (Å²) in [6.45, 7) is 2.54. The largest absolute Gasteiger partial charge is 0.329 e. The molecular formula is C16H18BrN3. The molecule has 1 aromatic carbocycles. The Morgan fingerprint density at radius 1 is 1.25 bits per heavy atom. The van der Waals surface area contributed by atoms with Crippen molar-refractivity contribution in [3.05, 3.63) is 63.9 Å². The first-order valence-electron chi connectivity index (χ1n) is 6.86. The summed E-state index contributed by atoms with van der Waals surface area (Å²) >= 11 is 3.48. The van der Waals surface area contributed by atoms with Gasteiger partial charge in [-0.15, -0.1) is 0 Å². The topological polar surface area (TPSA) is 42.1 Å². The van der Waals surface area contributed by atoms with Gasteiger partial charge in [0.15, 0.2) is 0 Å². The highest BCUT2D eigenvalue weighted by atomic mass is 79.9. The Morgan fingerprint density at radius 3 is 2.80 bits per heavy atom. The van der Waals surface area contributed by atoms with Crippen LogP contribution in [-0.4, -0.2) is 22.5 Å². The van der Waals surface area contributed by atoms with E-state index in [0.717, 1.165) is 24.0 Å². The highest BCUT2D eigenvalue weighted by Gasteiger charge is 2.24. The fourth-order valence-electron chi connectivity index (χ4n) is 2.84. The fourth-order valence-corrected chi connectivity index (χ4v) is 3.25. The molecule has 0 amide bonds. The number of nitrogens with zero attached hydrogens (tertiary/aromatic N) is 2. The van der Waals surface area contributed by atoms with Crippen molar-refractivity contribution in [2.24, 2.45) is 5.73 Å². The molecule has 20 heavy (non-hydrogen) atoms. The molecule has 4 heteroatoms. The Labute approximate surface area is 127 Å². The molecule has 1 aliphatic rings. The zero-order valence-electron chi connectivity index (χ0n) is 11.3. The third-order valence-corrected chi connectivity index (χ3v) is 4.32. The van der Waals surface area contributed by atoms with Gasteiger partial charge in [0.25, 0.3) is 0 Å². The van der Waals surface area contributed by atoms with Crippen LogP contribution >= 0.6 is 15.9 Å². The number of pyridine rings is 1. The average Bonchev–Trinajstić information content (AvgIpc) is 2.46. The van der Waals surface area contributed by atoms with E-state index in [0.29, 0.717) is 12.6 Å². The molecule has 3 nitrogen and oxygen atoms in total. The van der Waals surface area contributed by atoms with E-state index in [1.54, 1.807) is 0 Å². The number of aromatic nitrogens is 1. The number of rotatable bonds is 3. The van der Waals surface area contributed by atoms with Crippen molar-refractivity contribution in [1.82, 2.24) is 9.88 Å². The summed E-state index contributed by atoms with van der Waals surface area (Å²) in [4.78, 5) is 6.69. The second-order valence-corrected chi connectivity index (χ2v) is 6.19. The Balaban J connectivity index is 1.82. The van der Waals surface area contributed by atoms with Crippen molar-refractivity contribution in [1.29, 1.82) is 0 Å². The predicted molar refractivity (Wildman–Crippen MR) is 84.2 cm³/mol. The maximum atomic E-state index is 5.97. The molecule has 1 aliphatic heterocycles. The molecule has 0 fully saturated rings. The van der Waals surface area contributed by atoms with Gasteiger partial charge in [0.05, 0.1) is 0 Å². The van der Waals surface area contributed by atoms with Crippen LogP contribution in [-0.2, 0) is 19.5 Å². The van der Waals surface area contributed by atoms with Crippen LogP contribution in [0.4, 0.5) is 0 Å². The van der Waals surface area contributed by atoms with E-state index in [9.17, 15) is 0 Å². The first-order valence-corrected chi connectivity index (χ1v) is 7.66. The van der Waals surface area contributed by atoms with Gasteiger partial charge in [-0.05, 0) is 45.1 Å². The molecule has 0 radical (unpaired) electrons. The Kier molecular flexibility index (Phi) is 4.15. The van der Waals surface area contributed by atoms with E-state index >= 15 is 0 Å².